The highest BCUT2D eigenvalue weighted by atomic mass is 16.3. The molecule has 100 valence electrons. The minimum Gasteiger partial charge on any atom is -0.395 e. The van der Waals surface area contributed by atoms with Crippen molar-refractivity contribution in [2.75, 3.05) is 37.0 Å². The summed E-state index contributed by atoms with van der Waals surface area (Å²) in [5, 5.41) is 12.2. The van der Waals surface area contributed by atoms with Crippen molar-refractivity contribution in [2.45, 2.75) is 25.7 Å². The average molecular weight is 250 g/mol. The number of aromatic nitrogens is 2. The second-order valence-electron chi connectivity index (χ2n) is 4.92. The Morgan fingerprint density at radius 3 is 2.94 bits per heavy atom. The highest BCUT2D eigenvalue weighted by Crippen LogP contribution is 2.29. The van der Waals surface area contributed by atoms with Crippen molar-refractivity contribution < 1.29 is 5.11 Å². The Morgan fingerprint density at radius 1 is 1.44 bits per heavy atom. The number of nitrogens with zero attached hydrogens (tertiary/aromatic N) is 3. The normalized spacial score (nSPS) is 15.2. The second-order valence-corrected chi connectivity index (χ2v) is 4.92. The van der Waals surface area contributed by atoms with Gasteiger partial charge in [0.1, 0.15) is 18.0 Å². The number of hydrogen-bond acceptors (Lipinski definition) is 5. The topological polar surface area (TPSA) is 61.3 Å². The lowest BCUT2D eigenvalue weighted by Crippen LogP contribution is -2.22. The van der Waals surface area contributed by atoms with Gasteiger partial charge in [0.15, 0.2) is 0 Å². The molecule has 1 aromatic heterocycles. The lowest BCUT2D eigenvalue weighted by Gasteiger charge is -2.25. The number of rotatable bonds is 7. The number of hydrogen-bond donors (Lipinski definition) is 2. The van der Waals surface area contributed by atoms with Gasteiger partial charge in [-0.3, -0.25) is 0 Å². The van der Waals surface area contributed by atoms with Crippen LogP contribution in [0.1, 0.15) is 25.7 Å². The van der Waals surface area contributed by atoms with Gasteiger partial charge in [0.05, 0.1) is 6.61 Å². The molecule has 0 atom stereocenters. The van der Waals surface area contributed by atoms with Gasteiger partial charge in [-0.05, 0) is 12.3 Å². The molecule has 0 radical (unpaired) electrons. The van der Waals surface area contributed by atoms with Crippen LogP contribution >= 0.6 is 0 Å². The summed E-state index contributed by atoms with van der Waals surface area (Å²) in [6.07, 6.45) is 6.96. The van der Waals surface area contributed by atoms with E-state index < -0.39 is 0 Å². The van der Waals surface area contributed by atoms with Crippen molar-refractivity contribution in [3.8, 4) is 0 Å². The summed E-state index contributed by atoms with van der Waals surface area (Å²) in [5.74, 6) is 2.62. The van der Waals surface area contributed by atoms with Gasteiger partial charge in [-0.1, -0.05) is 19.3 Å². The zero-order valence-electron chi connectivity index (χ0n) is 11.0. The molecule has 1 aliphatic carbocycles. The van der Waals surface area contributed by atoms with Gasteiger partial charge in [-0.2, -0.15) is 0 Å². The van der Waals surface area contributed by atoms with Crippen LogP contribution in [0.4, 0.5) is 11.6 Å². The molecule has 2 rings (SSSR count). The molecule has 1 saturated carbocycles. The summed E-state index contributed by atoms with van der Waals surface area (Å²) in [7, 11) is 1.91. The van der Waals surface area contributed by atoms with Crippen LogP contribution in [0.25, 0.3) is 0 Å². The van der Waals surface area contributed by atoms with Gasteiger partial charge in [-0.25, -0.2) is 9.97 Å². The van der Waals surface area contributed by atoms with Crippen molar-refractivity contribution >= 4 is 11.6 Å². The third-order valence-electron chi connectivity index (χ3n) is 3.56. The number of likely N-dealkylation sites (N-methyl/N-ethyl adjacent to an activating group) is 1. The highest BCUT2D eigenvalue weighted by Gasteiger charge is 2.16. The summed E-state index contributed by atoms with van der Waals surface area (Å²) < 4.78 is 0. The molecule has 5 heteroatoms. The Labute approximate surface area is 108 Å². The molecule has 5 nitrogen and oxygen atoms in total. The lowest BCUT2D eigenvalue weighted by atomic mass is 9.83. The fourth-order valence-electron chi connectivity index (χ4n) is 2.10. The zero-order chi connectivity index (χ0) is 12.8. The van der Waals surface area contributed by atoms with Crippen LogP contribution in [-0.2, 0) is 0 Å². The predicted molar refractivity (Wildman–Crippen MR) is 72.8 cm³/mol. The second kappa shape index (κ2) is 6.54. The molecular formula is C13H22N4O. The highest BCUT2D eigenvalue weighted by molar-refractivity contribution is 5.47. The quantitative estimate of drug-likeness (QED) is 0.768. The minimum absolute atomic E-state index is 0.130. The van der Waals surface area contributed by atoms with Gasteiger partial charge in [0.2, 0.25) is 0 Å². The molecule has 0 spiro atoms. The Hall–Kier alpha value is -1.36. The van der Waals surface area contributed by atoms with Crippen molar-refractivity contribution in [2.24, 2.45) is 5.92 Å². The van der Waals surface area contributed by atoms with E-state index in [0.717, 1.165) is 24.1 Å². The van der Waals surface area contributed by atoms with Gasteiger partial charge in [-0.15, -0.1) is 0 Å². The molecule has 1 heterocycles. The summed E-state index contributed by atoms with van der Waals surface area (Å²) >= 11 is 0. The molecule has 1 fully saturated rings. The number of nitrogens with one attached hydrogen (secondary N) is 1. The van der Waals surface area contributed by atoms with E-state index in [0.29, 0.717) is 6.54 Å². The maximum atomic E-state index is 8.90. The Kier molecular flexibility index (Phi) is 4.75. The zero-order valence-corrected chi connectivity index (χ0v) is 11.0. The van der Waals surface area contributed by atoms with Crippen LogP contribution in [-0.4, -0.2) is 41.8 Å². The minimum atomic E-state index is 0.130. The standard InChI is InChI=1S/C13H22N4O/c1-17(7-8-18)13-9-12(15-10-16-13)14-6-5-11-3-2-4-11/h9-11,18H,2-8H2,1H3,(H,14,15,16). The summed E-state index contributed by atoms with van der Waals surface area (Å²) in [5.41, 5.74) is 0. The molecule has 1 aromatic rings. The monoisotopic (exact) mass is 250 g/mol. The van der Waals surface area contributed by atoms with E-state index in [-0.39, 0.29) is 6.61 Å². The Balaban J connectivity index is 1.82. The van der Waals surface area contributed by atoms with Crippen molar-refractivity contribution in [3.05, 3.63) is 12.4 Å². The Morgan fingerprint density at radius 2 is 2.28 bits per heavy atom. The van der Waals surface area contributed by atoms with E-state index in [9.17, 15) is 0 Å². The molecular weight excluding hydrogens is 228 g/mol. The molecule has 1 aliphatic rings. The van der Waals surface area contributed by atoms with Crippen LogP contribution in [0.5, 0.6) is 0 Å². The van der Waals surface area contributed by atoms with E-state index in [4.69, 9.17) is 5.11 Å². The maximum Gasteiger partial charge on any atom is 0.133 e. The first-order valence-corrected chi connectivity index (χ1v) is 6.67. The SMILES string of the molecule is CN(CCO)c1cc(NCCC2CCC2)ncn1. The Bertz CT molecular complexity index is 368. The molecule has 2 N–H and O–H groups in total. The van der Waals surface area contributed by atoms with E-state index in [1.165, 1.54) is 25.7 Å². The van der Waals surface area contributed by atoms with Crippen LogP contribution in [0.3, 0.4) is 0 Å². The summed E-state index contributed by atoms with van der Waals surface area (Å²) in [6, 6.07) is 1.93. The fourth-order valence-corrected chi connectivity index (χ4v) is 2.10. The smallest absolute Gasteiger partial charge is 0.133 e. The molecule has 0 saturated heterocycles. The van der Waals surface area contributed by atoms with Gasteiger partial charge in [0.25, 0.3) is 0 Å². The third kappa shape index (κ3) is 3.57. The first kappa shape index (κ1) is 13.1. The van der Waals surface area contributed by atoms with Crippen LogP contribution in [0, 0.1) is 5.92 Å². The fraction of sp³-hybridized carbons (Fsp3) is 0.692. The van der Waals surface area contributed by atoms with Gasteiger partial charge >= 0.3 is 0 Å². The molecule has 18 heavy (non-hydrogen) atoms. The van der Waals surface area contributed by atoms with Crippen LogP contribution in [0.2, 0.25) is 0 Å². The summed E-state index contributed by atoms with van der Waals surface area (Å²) in [6.45, 7) is 1.69. The lowest BCUT2D eigenvalue weighted by molar-refractivity contribution is 0.302. The largest absolute Gasteiger partial charge is 0.395 e. The third-order valence-corrected chi connectivity index (χ3v) is 3.56. The van der Waals surface area contributed by atoms with Crippen molar-refractivity contribution in [3.63, 3.8) is 0 Å². The van der Waals surface area contributed by atoms with Crippen LogP contribution < -0.4 is 10.2 Å². The molecule has 0 aliphatic heterocycles. The van der Waals surface area contributed by atoms with E-state index in [1.54, 1.807) is 6.33 Å². The van der Waals surface area contributed by atoms with E-state index >= 15 is 0 Å². The number of aliphatic hydroxyl groups excluding tert-OH is 1. The van der Waals surface area contributed by atoms with E-state index in [2.05, 4.69) is 15.3 Å². The summed E-state index contributed by atoms with van der Waals surface area (Å²) in [4.78, 5) is 10.3. The van der Waals surface area contributed by atoms with Crippen LogP contribution in [0.15, 0.2) is 12.4 Å². The average Bonchev–Trinajstić information content (AvgIpc) is 2.33. The van der Waals surface area contributed by atoms with Crippen molar-refractivity contribution in [1.82, 2.24) is 9.97 Å². The van der Waals surface area contributed by atoms with Gasteiger partial charge in [0, 0.05) is 26.2 Å². The maximum absolute atomic E-state index is 8.90. The number of aliphatic hydroxyl groups is 1. The molecule has 0 bridgehead atoms. The molecule has 0 unspecified atom stereocenters. The first-order chi connectivity index (χ1) is 8.79. The first-order valence-electron chi connectivity index (χ1n) is 6.67. The van der Waals surface area contributed by atoms with Gasteiger partial charge < -0.3 is 15.3 Å². The van der Waals surface area contributed by atoms with Crippen molar-refractivity contribution in [1.29, 1.82) is 0 Å². The number of anilines is 2. The molecule has 0 amide bonds. The molecule has 0 aromatic carbocycles. The van der Waals surface area contributed by atoms with E-state index in [1.807, 2.05) is 18.0 Å². The predicted octanol–water partition coefficient (Wildman–Crippen LogP) is 1.51.